The molecule has 8 nitrogen and oxygen atoms in total. The molecule has 0 unspecified atom stereocenters. The second-order valence-corrected chi connectivity index (χ2v) is 12.3. The van der Waals surface area contributed by atoms with Crippen molar-refractivity contribution in [3.63, 3.8) is 0 Å². The summed E-state index contributed by atoms with van der Waals surface area (Å²) in [6.07, 6.45) is 3.61. The maximum atomic E-state index is 13.6. The average molecular weight is 562 g/mol. The molecule has 2 aliphatic rings. The fourth-order valence-corrected chi connectivity index (χ4v) is 6.27. The van der Waals surface area contributed by atoms with Crippen LogP contribution in [-0.4, -0.2) is 46.4 Å². The van der Waals surface area contributed by atoms with Crippen LogP contribution in [-0.2, 0) is 27.6 Å². The first kappa shape index (κ1) is 26.6. The third-order valence-corrected chi connectivity index (χ3v) is 8.66. The first-order valence-electron chi connectivity index (χ1n) is 13.1. The molecule has 0 saturated heterocycles. The highest BCUT2D eigenvalue weighted by molar-refractivity contribution is 7.92. The third-order valence-electron chi connectivity index (χ3n) is 7.53. The number of fused-ring (bicyclic) bond motifs is 2. The van der Waals surface area contributed by atoms with Crippen molar-refractivity contribution >= 4 is 45.2 Å². The largest absolute Gasteiger partial charge is 0.491 e. The minimum atomic E-state index is -3.73. The van der Waals surface area contributed by atoms with E-state index >= 15 is 0 Å². The molecule has 0 radical (unpaired) electrons. The Bertz CT molecular complexity index is 1730. The molecular formula is C29H28BFN2O6S. The molecular weight excluding hydrogens is 534 g/mol. The fraction of sp³-hybridized carbons (Fsp3) is 0.276. The number of hydrogen-bond donors (Lipinski definition) is 2. The number of carbonyl (C=O) groups is 1. The molecule has 0 atom stereocenters. The Labute approximate surface area is 231 Å². The Morgan fingerprint density at radius 2 is 1.90 bits per heavy atom. The highest BCUT2D eigenvalue weighted by Crippen LogP contribution is 2.48. The molecule has 11 heteroatoms. The highest BCUT2D eigenvalue weighted by atomic mass is 32.2. The van der Waals surface area contributed by atoms with Crippen LogP contribution in [0, 0.1) is 5.82 Å². The lowest BCUT2D eigenvalue weighted by Gasteiger charge is -2.26. The Kier molecular flexibility index (Phi) is 6.68. The van der Waals surface area contributed by atoms with Gasteiger partial charge in [-0.2, -0.15) is 0 Å². The van der Waals surface area contributed by atoms with E-state index in [4.69, 9.17) is 9.07 Å². The first-order valence-corrected chi connectivity index (χ1v) is 15.0. The monoisotopic (exact) mass is 562 g/mol. The fourth-order valence-electron chi connectivity index (χ4n) is 5.37. The zero-order valence-corrected chi connectivity index (χ0v) is 22.9. The number of anilines is 1. The summed E-state index contributed by atoms with van der Waals surface area (Å²) < 4.78 is 53.0. The van der Waals surface area contributed by atoms with Crippen molar-refractivity contribution in [3.8, 4) is 11.3 Å². The zero-order valence-electron chi connectivity index (χ0n) is 22.1. The maximum absolute atomic E-state index is 13.6. The molecule has 40 heavy (non-hydrogen) atoms. The van der Waals surface area contributed by atoms with Crippen molar-refractivity contribution in [1.82, 2.24) is 5.32 Å². The van der Waals surface area contributed by atoms with Gasteiger partial charge in [0, 0.05) is 30.7 Å². The lowest BCUT2D eigenvalue weighted by atomic mass is 9.73. The molecule has 0 spiro atoms. The molecule has 1 aromatic heterocycles. The third kappa shape index (κ3) is 4.89. The molecule has 0 bridgehead atoms. The van der Waals surface area contributed by atoms with Crippen molar-refractivity contribution in [2.45, 2.75) is 31.7 Å². The average Bonchev–Trinajstić information content (AvgIpc) is 3.71. The van der Waals surface area contributed by atoms with E-state index in [2.05, 4.69) is 5.32 Å². The molecule has 1 amide bonds. The molecule has 4 aromatic rings. The van der Waals surface area contributed by atoms with E-state index in [9.17, 15) is 22.6 Å². The zero-order chi connectivity index (χ0) is 28.2. The van der Waals surface area contributed by atoms with Gasteiger partial charge in [-0.25, -0.2) is 12.8 Å². The second kappa shape index (κ2) is 10.1. The van der Waals surface area contributed by atoms with Crippen LogP contribution < -0.4 is 15.1 Å². The Balaban J connectivity index is 1.50. The molecule has 1 saturated carbocycles. The van der Waals surface area contributed by atoms with Gasteiger partial charge in [0.25, 0.3) is 5.91 Å². The maximum Gasteiger partial charge on any atom is 0.491 e. The van der Waals surface area contributed by atoms with Gasteiger partial charge in [0.15, 0.2) is 0 Å². The van der Waals surface area contributed by atoms with E-state index in [0.717, 1.165) is 29.5 Å². The van der Waals surface area contributed by atoms with Gasteiger partial charge in [-0.05, 0) is 77.7 Å². The van der Waals surface area contributed by atoms with Gasteiger partial charge in [0.05, 0.1) is 24.1 Å². The number of nitrogens with zero attached hydrogens (tertiary/aromatic N) is 1. The van der Waals surface area contributed by atoms with E-state index in [1.807, 2.05) is 12.1 Å². The number of benzene rings is 3. The second-order valence-electron chi connectivity index (χ2n) is 10.3. The van der Waals surface area contributed by atoms with Gasteiger partial charge in [-0.3, -0.25) is 9.10 Å². The topological polar surface area (TPSA) is 109 Å². The molecule has 1 aliphatic heterocycles. The van der Waals surface area contributed by atoms with Crippen molar-refractivity contribution in [1.29, 1.82) is 0 Å². The minimum Gasteiger partial charge on any atom is -0.455 e. The summed E-state index contributed by atoms with van der Waals surface area (Å²) in [5.41, 5.74) is 4.93. The van der Waals surface area contributed by atoms with E-state index in [1.165, 1.54) is 29.7 Å². The predicted molar refractivity (Wildman–Crippen MR) is 152 cm³/mol. The molecule has 1 aliphatic carbocycles. The van der Waals surface area contributed by atoms with Gasteiger partial charge >= 0.3 is 7.12 Å². The molecule has 2 heterocycles. The SMILES string of the molecule is CNC(=O)c1c(-c2ccc(F)cc2)oc2cc(N(Cc3ccc4c(c3)CCOB4O)S(C)(=O)=O)c(C3CC3)cc12. The highest BCUT2D eigenvalue weighted by Gasteiger charge is 2.33. The summed E-state index contributed by atoms with van der Waals surface area (Å²) in [5.74, 6) is -0.323. The van der Waals surface area contributed by atoms with E-state index < -0.39 is 23.0 Å². The smallest absolute Gasteiger partial charge is 0.455 e. The van der Waals surface area contributed by atoms with Gasteiger partial charge in [-0.1, -0.05) is 18.2 Å². The van der Waals surface area contributed by atoms with Crippen molar-refractivity contribution in [2.75, 3.05) is 24.2 Å². The molecule has 2 N–H and O–H groups in total. The Morgan fingerprint density at radius 1 is 1.15 bits per heavy atom. The summed E-state index contributed by atoms with van der Waals surface area (Å²) in [4.78, 5) is 13.0. The summed E-state index contributed by atoms with van der Waals surface area (Å²) >= 11 is 0. The number of halogens is 1. The number of carbonyl (C=O) groups excluding carboxylic acids is 1. The number of hydrogen-bond acceptors (Lipinski definition) is 6. The molecule has 6 rings (SSSR count). The number of sulfonamides is 1. The number of nitrogens with one attached hydrogen (secondary N) is 1. The van der Waals surface area contributed by atoms with Gasteiger partial charge < -0.3 is 19.4 Å². The van der Waals surface area contributed by atoms with Crippen molar-refractivity contribution < 1.29 is 31.7 Å². The van der Waals surface area contributed by atoms with Crippen molar-refractivity contribution in [3.05, 3.63) is 82.7 Å². The van der Waals surface area contributed by atoms with Gasteiger partial charge in [0.1, 0.15) is 17.2 Å². The van der Waals surface area contributed by atoms with Crippen LogP contribution in [0.5, 0.6) is 0 Å². The first-order chi connectivity index (χ1) is 19.1. The van der Waals surface area contributed by atoms with E-state index in [1.54, 1.807) is 30.3 Å². The Hall–Kier alpha value is -3.67. The van der Waals surface area contributed by atoms with E-state index in [0.29, 0.717) is 46.3 Å². The number of amides is 1. The summed E-state index contributed by atoms with van der Waals surface area (Å²) in [6, 6.07) is 14.7. The normalized spacial score (nSPS) is 15.2. The molecule has 3 aromatic carbocycles. The summed E-state index contributed by atoms with van der Waals surface area (Å²) in [6.45, 7) is 0.473. The van der Waals surface area contributed by atoms with E-state index in [-0.39, 0.29) is 24.1 Å². The minimum absolute atomic E-state index is 0.0854. The molecule has 1 fully saturated rings. The van der Waals surface area contributed by atoms with Crippen LogP contribution in [0.15, 0.2) is 59.0 Å². The Morgan fingerprint density at radius 3 is 2.58 bits per heavy atom. The lowest BCUT2D eigenvalue weighted by molar-refractivity contribution is 0.0964. The van der Waals surface area contributed by atoms with Gasteiger partial charge in [0.2, 0.25) is 10.0 Å². The van der Waals surface area contributed by atoms with Gasteiger partial charge in [-0.15, -0.1) is 0 Å². The standard InChI is InChI=1S/C29H28BFN2O6S/c1-32-29(34)27-23-14-22(18-4-5-18)25(15-26(23)39-28(27)19-6-8-21(31)9-7-19)33(40(2,36)37)16-17-3-10-24-20(13-17)11-12-38-30(24)35/h3,6-10,13-15,18,35H,4-5,11-12,16H2,1-2H3,(H,32,34). The van der Waals surface area contributed by atoms with Crippen molar-refractivity contribution in [2.24, 2.45) is 0 Å². The molecule has 206 valence electrons. The van der Waals surface area contributed by atoms with Crippen LogP contribution in [0.4, 0.5) is 10.1 Å². The van der Waals surface area contributed by atoms with Crippen LogP contribution in [0.25, 0.3) is 22.3 Å². The predicted octanol–water partition coefficient (Wildman–Crippen LogP) is 3.70. The number of furan rings is 1. The summed E-state index contributed by atoms with van der Waals surface area (Å²) in [5, 5.41) is 13.4. The van der Waals surface area contributed by atoms with Crippen LogP contribution in [0.1, 0.15) is 45.8 Å². The quantitative estimate of drug-likeness (QED) is 0.333. The number of rotatable bonds is 7. The van der Waals surface area contributed by atoms with Crippen LogP contribution >= 0.6 is 0 Å². The lowest BCUT2D eigenvalue weighted by Crippen LogP contribution is -2.41. The summed E-state index contributed by atoms with van der Waals surface area (Å²) in [7, 11) is -3.19. The van der Waals surface area contributed by atoms with Crippen LogP contribution in [0.2, 0.25) is 0 Å². The van der Waals surface area contributed by atoms with Crippen LogP contribution in [0.3, 0.4) is 0 Å².